The van der Waals surface area contributed by atoms with Gasteiger partial charge in [0.25, 0.3) is 0 Å². The van der Waals surface area contributed by atoms with Crippen LogP contribution in [0.1, 0.15) is 22.0 Å². The number of nitrogen functional groups attached to an aromatic ring is 2. The smallest absolute Gasteiger partial charge is 0.244 e. The second-order valence-corrected chi connectivity index (χ2v) is 7.57. The number of carbonyl (C=O) groups excluding carboxylic acids is 1. The molecule has 8 heteroatoms. The Labute approximate surface area is 197 Å². The fraction of sp³-hybridized carbons (Fsp3) is 0.120. The van der Waals surface area contributed by atoms with Gasteiger partial charge in [0.2, 0.25) is 12.1 Å². The van der Waals surface area contributed by atoms with Crippen LogP contribution < -0.4 is 33.2 Å². The van der Waals surface area contributed by atoms with Crippen molar-refractivity contribution in [1.82, 2.24) is 4.57 Å². The number of benzene rings is 3. The Balaban J connectivity index is 0.00000306. The van der Waals surface area contributed by atoms with Crippen molar-refractivity contribution in [3.8, 4) is 5.75 Å². The number of ketones is 1. The molecule has 0 saturated heterocycles. The summed E-state index contributed by atoms with van der Waals surface area (Å²) >= 11 is 0. The van der Waals surface area contributed by atoms with E-state index in [9.17, 15) is 9.18 Å². The molecule has 0 fully saturated rings. The third kappa shape index (κ3) is 6.33. The molecule has 4 aromatic rings. The number of hydrogen-bond donors (Lipinski definition) is 2. The predicted octanol–water partition coefficient (Wildman–Crippen LogP) is 0.786. The van der Waals surface area contributed by atoms with Crippen molar-refractivity contribution < 1.29 is 30.9 Å². The van der Waals surface area contributed by atoms with Crippen LogP contribution in [0.25, 0.3) is 0 Å². The van der Waals surface area contributed by atoms with E-state index >= 15 is 0 Å². The number of carbonyl (C=O) groups is 1. The minimum absolute atomic E-state index is 0. The number of anilines is 2. The molecule has 33 heavy (non-hydrogen) atoms. The van der Waals surface area contributed by atoms with Gasteiger partial charge in [0, 0.05) is 29.1 Å². The van der Waals surface area contributed by atoms with Crippen LogP contribution in [0.2, 0.25) is 0 Å². The van der Waals surface area contributed by atoms with E-state index in [-0.39, 0.29) is 36.7 Å². The summed E-state index contributed by atoms with van der Waals surface area (Å²) in [4.78, 5) is 12.5. The van der Waals surface area contributed by atoms with Crippen LogP contribution in [-0.2, 0) is 13.1 Å². The zero-order valence-electron chi connectivity index (χ0n) is 17.8. The second kappa shape index (κ2) is 10.7. The zero-order chi connectivity index (χ0) is 22.5. The number of aromatic nitrogens is 2. The van der Waals surface area contributed by atoms with Gasteiger partial charge in [-0.25, -0.2) is 13.5 Å². The van der Waals surface area contributed by atoms with Gasteiger partial charge in [-0.15, -0.1) is 0 Å². The van der Waals surface area contributed by atoms with E-state index in [1.807, 2.05) is 53.6 Å². The Morgan fingerprint density at radius 3 is 2.33 bits per heavy atom. The molecule has 4 rings (SSSR count). The van der Waals surface area contributed by atoms with Crippen LogP contribution in [0.5, 0.6) is 5.75 Å². The van der Waals surface area contributed by atoms with Crippen molar-refractivity contribution in [2.75, 3.05) is 11.5 Å². The predicted molar refractivity (Wildman–Crippen MR) is 120 cm³/mol. The van der Waals surface area contributed by atoms with E-state index in [1.54, 1.807) is 22.8 Å². The number of ether oxygens (including phenoxy) is 1. The maximum absolute atomic E-state index is 13.1. The average molecular weight is 467 g/mol. The van der Waals surface area contributed by atoms with Crippen LogP contribution in [0.15, 0.2) is 91.5 Å². The van der Waals surface area contributed by atoms with E-state index in [1.165, 1.54) is 24.3 Å². The molecular formula is C25H24ClFN4O2. The standard InChI is InChI=1S/C25H24FN4O2.ClH/c26-20-8-6-18(7-9-20)24(31)15-29-10-11-30(17-29)16-25(19-4-2-1-3-5-19)32-23-13-21(27)12-22(28)14-23;/h1-14,17,25H,15-16,27-28H2;1H/q+1;/p-1. The summed E-state index contributed by atoms with van der Waals surface area (Å²) in [5.41, 5.74) is 14.4. The highest BCUT2D eigenvalue weighted by molar-refractivity contribution is 5.95. The van der Waals surface area contributed by atoms with E-state index < -0.39 is 0 Å². The first-order chi connectivity index (χ1) is 15.5. The third-order valence-electron chi connectivity index (χ3n) is 5.02. The summed E-state index contributed by atoms with van der Waals surface area (Å²) in [6.07, 6.45) is 5.24. The topological polar surface area (TPSA) is 87.1 Å². The summed E-state index contributed by atoms with van der Waals surface area (Å²) in [7, 11) is 0. The fourth-order valence-corrected chi connectivity index (χ4v) is 3.48. The largest absolute Gasteiger partial charge is 1.00 e. The van der Waals surface area contributed by atoms with Crippen molar-refractivity contribution in [3.05, 3.63) is 108 Å². The van der Waals surface area contributed by atoms with E-state index in [4.69, 9.17) is 16.2 Å². The first-order valence-corrected chi connectivity index (χ1v) is 10.2. The van der Waals surface area contributed by atoms with Gasteiger partial charge in [-0.2, -0.15) is 0 Å². The number of Topliss-reactive ketones (excluding diaryl/α,β-unsaturated/α-hetero) is 1. The molecule has 1 atom stereocenters. The maximum atomic E-state index is 13.1. The van der Waals surface area contributed by atoms with Gasteiger partial charge >= 0.3 is 0 Å². The van der Waals surface area contributed by atoms with E-state index in [2.05, 4.69) is 0 Å². The van der Waals surface area contributed by atoms with Crippen molar-refractivity contribution in [2.24, 2.45) is 0 Å². The molecule has 4 N–H and O–H groups in total. The molecule has 0 aliphatic heterocycles. The molecule has 170 valence electrons. The minimum atomic E-state index is -0.366. The summed E-state index contributed by atoms with van der Waals surface area (Å²) in [6.45, 7) is 0.664. The molecule has 3 aromatic carbocycles. The first kappa shape index (κ1) is 23.8. The van der Waals surface area contributed by atoms with Gasteiger partial charge in [-0.05, 0) is 35.9 Å². The number of halogens is 2. The zero-order valence-corrected chi connectivity index (χ0v) is 18.5. The van der Waals surface area contributed by atoms with E-state index in [0.29, 0.717) is 29.2 Å². The quantitative estimate of drug-likeness (QED) is 0.228. The van der Waals surface area contributed by atoms with Crippen molar-refractivity contribution in [3.63, 3.8) is 0 Å². The Kier molecular flexibility index (Phi) is 7.69. The van der Waals surface area contributed by atoms with Crippen LogP contribution in [0.4, 0.5) is 15.8 Å². The molecule has 0 saturated carbocycles. The summed E-state index contributed by atoms with van der Waals surface area (Å²) < 4.78 is 23.1. The van der Waals surface area contributed by atoms with Gasteiger partial charge in [0.1, 0.15) is 30.5 Å². The number of rotatable bonds is 8. The van der Waals surface area contributed by atoms with Crippen LogP contribution in [0.3, 0.4) is 0 Å². The highest BCUT2D eigenvalue weighted by atomic mass is 35.5. The Morgan fingerprint density at radius 2 is 1.67 bits per heavy atom. The fourth-order valence-electron chi connectivity index (χ4n) is 3.48. The Hall–Kier alpha value is -3.84. The molecule has 0 aliphatic carbocycles. The number of hydrogen-bond acceptors (Lipinski definition) is 4. The Bertz CT molecular complexity index is 1190. The second-order valence-electron chi connectivity index (χ2n) is 7.57. The molecule has 6 nitrogen and oxygen atoms in total. The van der Waals surface area contributed by atoms with Gasteiger partial charge in [0.05, 0.1) is 0 Å². The molecule has 1 unspecified atom stereocenters. The molecule has 1 heterocycles. The summed E-state index contributed by atoms with van der Waals surface area (Å²) in [6, 6.07) is 20.6. The SMILES string of the molecule is Nc1cc(N)cc(OC(C[n+]2ccn(CC(=O)c3ccc(F)cc3)c2)c2ccccc2)c1.[Cl-]. The highest BCUT2D eigenvalue weighted by Gasteiger charge is 2.19. The lowest BCUT2D eigenvalue weighted by atomic mass is 10.1. The van der Waals surface area contributed by atoms with Gasteiger partial charge in [-0.1, -0.05) is 30.3 Å². The normalized spacial score (nSPS) is 11.4. The number of imidazole rings is 1. The first-order valence-electron chi connectivity index (χ1n) is 10.2. The summed E-state index contributed by atoms with van der Waals surface area (Å²) in [5.74, 6) is 0.121. The molecular weight excluding hydrogens is 443 g/mol. The lowest BCUT2D eigenvalue weighted by Crippen LogP contribution is -3.00. The summed E-state index contributed by atoms with van der Waals surface area (Å²) in [5, 5.41) is 0. The average Bonchev–Trinajstić information content (AvgIpc) is 3.20. The molecule has 0 amide bonds. The van der Waals surface area contributed by atoms with Crippen LogP contribution >= 0.6 is 0 Å². The molecule has 0 aliphatic rings. The maximum Gasteiger partial charge on any atom is 0.244 e. The molecule has 1 aromatic heterocycles. The highest BCUT2D eigenvalue weighted by Crippen LogP contribution is 2.26. The molecule has 0 bridgehead atoms. The van der Waals surface area contributed by atoms with Crippen molar-refractivity contribution >= 4 is 17.2 Å². The number of nitrogens with zero attached hydrogens (tertiary/aromatic N) is 2. The number of nitrogens with two attached hydrogens (primary N) is 2. The van der Waals surface area contributed by atoms with Gasteiger partial charge in [-0.3, -0.25) is 4.79 Å². The lowest BCUT2D eigenvalue weighted by Gasteiger charge is -2.18. The van der Waals surface area contributed by atoms with Gasteiger partial charge < -0.3 is 28.6 Å². The minimum Gasteiger partial charge on any atom is -1.00 e. The Morgan fingerprint density at radius 1 is 1.00 bits per heavy atom. The lowest BCUT2D eigenvalue weighted by molar-refractivity contribution is -0.703. The van der Waals surface area contributed by atoms with Crippen molar-refractivity contribution in [1.29, 1.82) is 0 Å². The van der Waals surface area contributed by atoms with E-state index in [0.717, 1.165) is 5.56 Å². The van der Waals surface area contributed by atoms with Crippen molar-refractivity contribution in [2.45, 2.75) is 19.2 Å². The van der Waals surface area contributed by atoms with Gasteiger partial charge in [0.15, 0.2) is 12.6 Å². The molecule has 0 radical (unpaired) electrons. The van der Waals surface area contributed by atoms with Crippen LogP contribution in [-0.4, -0.2) is 10.4 Å². The monoisotopic (exact) mass is 466 g/mol. The third-order valence-corrected chi connectivity index (χ3v) is 5.02. The van der Waals surface area contributed by atoms with Crippen LogP contribution in [0, 0.1) is 5.82 Å². The molecule has 0 spiro atoms.